The standard InChI is InChI=1S/C25H54N.ClH/c1-5-9-13-14-15-16-17-21-25-26(22-18-10-6-2,23-19-11-7-3)24-20-12-8-4;/h5-25H2,1-4H3;1H/q+1;/p-1. The molecule has 0 aliphatic rings. The molecule has 0 unspecified atom stereocenters. The summed E-state index contributed by atoms with van der Waals surface area (Å²) >= 11 is 0. The van der Waals surface area contributed by atoms with Gasteiger partial charge in [0.25, 0.3) is 0 Å². The van der Waals surface area contributed by atoms with Gasteiger partial charge in [-0.2, -0.15) is 0 Å². The summed E-state index contributed by atoms with van der Waals surface area (Å²) in [5, 5.41) is 0. The third-order valence-electron chi connectivity index (χ3n) is 6.19. The van der Waals surface area contributed by atoms with Gasteiger partial charge in [0.1, 0.15) is 0 Å². The van der Waals surface area contributed by atoms with E-state index in [1.807, 2.05) is 0 Å². The SMILES string of the molecule is CCCCCCCCCC[N+](CCCCC)(CCCCC)CCCCC.[Cl-]. The van der Waals surface area contributed by atoms with Crippen LogP contribution < -0.4 is 12.4 Å². The van der Waals surface area contributed by atoms with E-state index in [1.165, 1.54) is 140 Å². The molecule has 0 fully saturated rings. The Balaban J connectivity index is 0. The largest absolute Gasteiger partial charge is 1.00 e. The summed E-state index contributed by atoms with van der Waals surface area (Å²) in [6, 6.07) is 0. The first kappa shape index (κ1) is 29.5. The Morgan fingerprint density at radius 2 is 0.556 bits per heavy atom. The normalized spacial score (nSPS) is 11.6. The van der Waals surface area contributed by atoms with Gasteiger partial charge in [-0.25, -0.2) is 0 Å². The molecular weight excluding hydrogens is 350 g/mol. The van der Waals surface area contributed by atoms with Crippen molar-refractivity contribution >= 4 is 0 Å². The number of rotatable bonds is 21. The molecule has 27 heavy (non-hydrogen) atoms. The zero-order valence-electron chi connectivity index (χ0n) is 19.7. The summed E-state index contributed by atoms with van der Waals surface area (Å²) in [7, 11) is 0. The highest BCUT2D eigenvalue weighted by molar-refractivity contribution is 4.53. The zero-order valence-corrected chi connectivity index (χ0v) is 20.4. The van der Waals surface area contributed by atoms with E-state index in [4.69, 9.17) is 0 Å². The van der Waals surface area contributed by atoms with E-state index in [0.717, 1.165) is 0 Å². The maximum atomic E-state index is 2.35. The number of hydrogen-bond acceptors (Lipinski definition) is 0. The molecule has 0 aromatic carbocycles. The number of hydrogen-bond donors (Lipinski definition) is 0. The van der Waals surface area contributed by atoms with Crippen molar-refractivity contribution in [1.29, 1.82) is 0 Å². The van der Waals surface area contributed by atoms with Crippen LogP contribution >= 0.6 is 0 Å². The summed E-state index contributed by atoms with van der Waals surface area (Å²) in [6.45, 7) is 15.2. The van der Waals surface area contributed by atoms with E-state index >= 15 is 0 Å². The molecule has 2 heteroatoms. The van der Waals surface area contributed by atoms with Crippen LogP contribution in [0.25, 0.3) is 0 Å². The molecule has 0 aromatic heterocycles. The summed E-state index contributed by atoms with van der Waals surface area (Å²) < 4.78 is 1.45. The number of nitrogens with zero attached hydrogens (tertiary/aromatic N) is 1. The average Bonchev–Trinajstić information content (AvgIpc) is 2.64. The molecule has 0 saturated heterocycles. The minimum absolute atomic E-state index is 0. The minimum Gasteiger partial charge on any atom is -1.00 e. The van der Waals surface area contributed by atoms with Crippen molar-refractivity contribution in [2.24, 2.45) is 0 Å². The van der Waals surface area contributed by atoms with Gasteiger partial charge in [-0.15, -0.1) is 0 Å². The van der Waals surface area contributed by atoms with Crippen molar-refractivity contribution in [3.05, 3.63) is 0 Å². The summed E-state index contributed by atoms with van der Waals surface area (Å²) in [5.74, 6) is 0. The van der Waals surface area contributed by atoms with Gasteiger partial charge >= 0.3 is 0 Å². The summed E-state index contributed by atoms with van der Waals surface area (Å²) in [4.78, 5) is 0. The fraction of sp³-hybridized carbons (Fsp3) is 1.00. The third kappa shape index (κ3) is 18.0. The van der Waals surface area contributed by atoms with Crippen molar-refractivity contribution in [1.82, 2.24) is 0 Å². The fourth-order valence-electron chi connectivity index (χ4n) is 4.34. The van der Waals surface area contributed by atoms with Crippen LogP contribution in [0.1, 0.15) is 137 Å². The van der Waals surface area contributed by atoms with Crippen LogP contribution in [0.2, 0.25) is 0 Å². The Morgan fingerprint density at radius 3 is 0.889 bits per heavy atom. The Morgan fingerprint density at radius 1 is 0.333 bits per heavy atom. The summed E-state index contributed by atoms with van der Waals surface area (Å²) in [6.07, 6.45) is 24.4. The lowest BCUT2D eigenvalue weighted by Crippen LogP contribution is -3.00. The third-order valence-corrected chi connectivity index (χ3v) is 6.19. The highest BCUT2D eigenvalue weighted by Crippen LogP contribution is 2.19. The molecule has 0 aromatic rings. The first-order valence-electron chi connectivity index (χ1n) is 12.6. The first-order chi connectivity index (χ1) is 12.7. The lowest BCUT2D eigenvalue weighted by molar-refractivity contribution is -0.929. The van der Waals surface area contributed by atoms with E-state index in [2.05, 4.69) is 27.7 Å². The lowest BCUT2D eigenvalue weighted by atomic mass is 10.1. The van der Waals surface area contributed by atoms with Crippen LogP contribution in [0.15, 0.2) is 0 Å². The zero-order chi connectivity index (χ0) is 19.3. The van der Waals surface area contributed by atoms with Crippen LogP contribution in [0, 0.1) is 0 Å². The fourth-order valence-corrected chi connectivity index (χ4v) is 4.34. The molecule has 1 nitrogen and oxygen atoms in total. The molecule has 0 aliphatic carbocycles. The van der Waals surface area contributed by atoms with Gasteiger partial charge in [-0.3, -0.25) is 0 Å². The van der Waals surface area contributed by atoms with Crippen molar-refractivity contribution in [2.45, 2.75) is 137 Å². The highest BCUT2D eigenvalue weighted by atomic mass is 35.5. The lowest BCUT2D eigenvalue weighted by Gasteiger charge is -2.39. The summed E-state index contributed by atoms with van der Waals surface area (Å²) in [5.41, 5.74) is 0. The van der Waals surface area contributed by atoms with Crippen molar-refractivity contribution in [3.63, 3.8) is 0 Å². The molecular formula is C25H54ClN. The smallest absolute Gasteiger partial charge is 0.0786 e. The monoisotopic (exact) mass is 403 g/mol. The van der Waals surface area contributed by atoms with Crippen LogP contribution in [0.3, 0.4) is 0 Å². The van der Waals surface area contributed by atoms with E-state index < -0.39 is 0 Å². The Kier molecular flexibility index (Phi) is 24.6. The number of unbranched alkanes of at least 4 members (excludes halogenated alkanes) is 13. The van der Waals surface area contributed by atoms with Gasteiger partial charge in [0.15, 0.2) is 0 Å². The van der Waals surface area contributed by atoms with Gasteiger partial charge in [0.05, 0.1) is 26.2 Å². The van der Waals surface area contributed by atoms with Gasteiger partial charge in [0, 0.05) is 0 Å². The molecule has 0 spiro atoms. The maximum Gasteiger partial charge on any atom is 0.0786 e. The van der Waals surface area contributed by atoms with Crippen LogP contribution in [-0.4, -0.2) is 30.7 Å². The molecule has 0 atom stereocenters. The van der Waals surface area contributed by atoms with Crippen molar-refractivity contribution < 1.29 is 16.9 Å². The van der Waals surface area contributed by atoms with E-state index in [9.17, 15) is 0 Å². The second-order valence-electron chi connectivity index (χ2n) is 8.83. The van der Waals surface area contributed by atoms with Crippen LogP contribution in [0.5, 0.6) is 0 Å². The predicted octanol–water partition coefficient (Wildman–Crippen LogP) is 5.52. The molecule has 0 heterocycles. The molecule has 0 bridgehead atoms. The van der Waals surface area contributed by atoms with E-state index in [-0.39, 0.29) is 12.4 Å². The second kappa shape index (κ2) is 22.5. The number of quaternary nitrogens is 1. The van der Waals surface area contributed by atoms with E-state index in [1.54, 1.807) is 0 Å². The van der Waals surface area contributed by atoms with Crippen LogP contribution in [-0.2, 0) is 0 Å². The van der Waals surface area contributed by atoms with Gasteiger partial charge in [0.2, 0.25) is 0 Å². The highest BCUT2D eigenvalue weighted by Gasteiger charge is 2.25. The van der Waals surface area contributed by atoms with Gasteiger partial charge < -0.3 is 16.9 Å². The molecule has 0 amide bonds. The molecule has 0 N–H and O–H groups in total. The molecule has 0 rings (SSSR count). The Hall–Kier alpha value is 0.250. The molecule has 0 saturated carbocycles. The maximum absolute atomic E-state index is 2.35. The average molecular weight is 404 g/mol. The minimum atomic E-state index is 0. The molecule has 166 valence electrons. The number of halogens is 1. The molecule has 0 radical (unpaired) electrons. The van der Waals surface area contributed by atoms with Gasteiger partial charge in [-0.1, -0.05) is 85.5 Å². The quantitative estimate of drug-likeness (QED) is 0.175. The topological polar surface area (TPSA) is 0 Å². The predicted molar refractivity (Wildman–Crippen MR) is 121 cm³/mol. The second-order valence-corrected chi connectivity index (χ2v) is 8.83. The Labute approximate surface area is 180 Å². The van der Waals surface area contributed by atoms with Crippen molar-refractivity contribution in [3.8, 4) is 0 Å². The van der Waals surface area contributed by atoms with E-state index in [0.29, 0.717) is 0 Å². The Bertz CT molecular complexity index is 241. The van der Waals surface area contributed by atoms with Crippen LogP contribution in [0.4, 0.5) is 0 Å². The van der Waals surface area contributed by atoms with Gasteiger partial charge in [-0.05, 0) is 51.4 Å². The van der Waals surface area contributed by atoms with Crippen molar-refractivity contribution in [2.75, 3.05) is 26.2 Å². The first-order valence-corrected chi connectivity index (χ1v) is 12.6. The molecule has 0 aliphatic heterocycles.